The summed E-state index contributed by atoms with van der Waals surface area (Å²) < 4.78 is 0. The highest BCUT2D eigenvalue weighted by atomic mass is 15.0. The Morgan fingerprint density at radius 3 is 2.80 bits per heavy atom. The molecule has 0 aromatic heterocycles. The maximum Gasteiger partial charge on any atom is 0.0651 e. The van der Waals surface area contributed by atoms with Crippen LogP contribution in [-0.4, -0.2) is 23.8 Å². The molecule has 86 valence electrons. The van der Waals surface area contributed by atoms with Crippen molar-refractivity contribution in [1.82, 2.24) is 5.32 Å². The Kier molecular flexibility index (Phi) is 3.79. The van der Waals surface area contributed by atoms with E-state index in [1.165, 1.54) is 50.7 Å². The Bertz CT molecular complexity index is 235. The third-order valence-corrected chi connectivity index (χ3v) is 3.79. The zero-order valence-corrected chi connectivity index (χ0v) is 10.1. The zero-order valence-electron chi connectivity index (χ0n) is 10.1. The van der Waals surface area contributed by atoms with Gasteiger partial charge in [0.1, 0.15) is 0 Å². The van der Waals surface area contributed by atoms with E-state index >= 15 is 0 Å². The summed E-state index contributed by atoms with van der Waals surface area (Å²) in [5.74, 6) is 0. The highest BCUT2D eigenvalue weighted by Gasteiger charge is 2.26. The summed E-state index contributed by atoms with van der Waals surface area (Å²) in [6.07, 6.45) is 9.26. The number of nitrogens with one attached hydrogen (secondary N) is 1. The lowest BCUT2D eigenvalue weighted by molar-refractivity contribution is 0.291. The van der Waals surface area contributed by atoms with Crippen molar-refractivity contribution in [3.8, 4) is 0 Å². The van der Waals surface area contributed by atoms with Crippen molar-refractivity contribution in [2.75, 3.05) is 0 Å². The Morgan fingerprint density at radius 1 is 1.13 bits per heavy atom. The second-order valence-electron chi connectivity index (χ2n) is 5.28. The fourth-order valence-electron chi connectivity index (χ4n) is 2.92. The Hall–Kier alpha value is -0.370. The Morgan fingerprint density at radius 2 is 2.00 bits per heavy atom. The Balaban J connectivity index is 1.98. The summed E-state index contributed by atoms with van der Waals surface area (Å²) in [4.78, 5) is 4.89. The van der Waals surface area contributed by atoms with Gasteiger partial charge in [0.25, 0.3) is 0 Å². The first-order valence-electron chi connectivity index (χ1n) is 6.55. The van der Waals surface area contributed by atoms with E-state index in [0.29, 0.717) is 18.1 Å². The second kappa shape index (κ2) is 5.11. The predicted molar refractivity (Wildman–Crippen MR) is 65.6 cm³/mol. The first-order chi connectivity index (χ1) is 7.25. The van der Waals surface area contributed by atoms with Crippen LogP contribution < -0.4 is 5.32 Å². The molecule has 0 aromatic carbocycles. The number of hydrogen-bond donors (Lipinski definition) is 1. The van der Waals surface area contributed by atoms with Gasteiger partial charge in [-0.25, -0.2) is 0 Å². The van der Waals surface area contributed by atoms with Gasteiger partial charge in [-0.3, -0.25) is 4.99 Å². The maximum absolute atomic E-state index is 4.89. The fourth-order valence-corrected chi connectivity index (χ4v) is 2.92. The standard InChI is InChI=1S/C13H24N2/c1-10-6-3-4-8-12(14-10)13-9-5-7-11(2)15-13/h11-13,15H,3-9H2,1-2H3. The molecule has 2 nitrogen and oxygen atoms in total. The minimum atomic E-state index is 0.565. The molecule has 1 fully saturated rings. The third kappa shape index (κ3) is 3.04. The van der Waals surface area contributed by atoms with Gasteiger partial charge < -0.3 is 5.32 Å². The third-order valence-electron chi connectivity index (χ3n) is 3.79. The van der Waals surface area contributed by atoms with E-state index in [0.717, 1.165) is 0 Å². The number of nitrogens with zero attached hydrogens (tertiary/aromatic N) is 1. The van der Waals surface area contributed by atoms with Gasteiger partial charge in [0.15, 0.2) is 0 Å². The average molecular weight is 208 g/mol. The summed E-state index contributed by atoms with van der Waals surface area (Å²) in [6.45, 7) is 4.50. The van der Waals surface area contributed by atoms with Crippen molar-refractivity contribution in [2.24, 2.45) is 4.99 Å². The van der Waals surface area contributed by atoms with Crippen molar-refractivity contribution in [1.29, 1.82) is 0 Å². The molecule has 2 aliphatic heterocycles. The lowest BCUT2D eigenvalue weighted by Crippen LogP contribution is -2.46. The number of aliphatic imine (C=N–C) groups is 1. The molecule has 0 aromatic rings. The summed E-state index contributed by atoms with van der Waals surface area (Å²) in [7, 11) is 0. The number of piperidine rings is 1. The number of hydrogen-bond acceptors (Lipinski definition) is 2. The lowest BCUT2D eigenvalue weighted by Gasteiger charge is -2.32. The molecule has 2 aliphatic rings. The molecule has 0 bridgehead atoms. The van der Waals surface area contributed by atoms with Crippen LogP contribution in [0, 0.1) is 0 Å². The predicted octanol–water partition coefficient (Wildman–Crippen LogP) is 2.92. The monoisotopic (exact) mass is 208 g/mol. The van der Waals surface area contributed by atoms with Gasteiger partial charge in [-0.2, -0.15) is 0 Å². The molecule has 2 heterocycles. The lowest BCUT2D eigenvalue weighted by atomic mass is 9.92. The molecular formula is C13H24N2. The zero-order chi connectivity index (χ0) is 10.7. The SMILES string of the molecule is CC1=NC(C2CCCC(C)N2)CCCC1. The van der Waals surface area contributed by atoms with Crippen LogP contribution in [0.25, 0.3) is 0 Å². The minimum Gasteiger partial charge on any atom is -0.309 e. The van der Waals surface area contributed by atoms with Gasteiger partial charge in [0.2, 0.25) is 0 Å². The quantitative estimate of drug-likeness (QED) is 0.704. The van der Waals surface area contributed by atoms with Gasteiger partial charge >= 0.3 is 0 Å². The fraction of sp³-hybridized carbons (Fsp3) is 0.923. The van der Waals surface area contributed by atoms with E-state index in [2.05, 4.69) is 19.2 Å². The topological polar surface area (TPSA) is 24.4 Å². The summed E-state index contributed by atoms with van der Waals surface area (Å²) in [5.41, 5.74) is 1.37. The molecule has 0 aliphatic carbocycles. The molecule has 0 spiro atoms. The van der Waals surface area contributed by atoms with Crippen LogP contribution in [0.1, 0.15) is 58.8 Å². The van der Waals surface area contributed by atoms with E-state index in [1.54, 1.807) is 0 Å². The first kappa shape index (κ1) is 11.1. The van der Waals surface area contributed by atoms with E-state index in [4.69, 9.17) is 4.99 Å². The average Bonchev–Trinajstić information content (AvgIpc) is 2.43. The highest BCUT2D eigenvalue weighted by molar-refractivity contribution is 5.82. The van der Waals surface area contributed by atoms with Gasteiger partial charge in [-0.15, -0.1) is 0 Å². The van der Waals surface area contributed by atoms with E-state index < -0.39 is 0 Å². The molecule has 15 heavy (non-hydrogen) atoms. The largest absolute Gasteiger partial charge is 0.309 e. The van der Waals surface area contributed by atoms with Gasteiger partial charge in [0, 0.05) is 17.8 Å². The van der Waals surface area contributed by atoms with Crippen LogP contribution in [-0.2, 0) is 0 Å². The van der Waals surface area contributed by atoms with Gasteiger partial charge in [0.05, 0.1) is 6.04 Å². The molecular weight excluding hydrogens is 184 g/mol. The van der Waals surface area contributed by atoms with Crippen LogP contribution in [0.5, 0.6) is 0 Å². The van der Waals surface area contributed by atoms with Crippen molar-refractivity contribution in [3.63, 3.8) is 0 Å². The second-order valence-corrected chi connectivity index (χ2v) is 5.28. The van der Waals surface area contributed by atoms with Crippen LogP contribution in [0.15, 0.2) is 4.99 Å². The highest BCUT2D eigenvalue weighted by Crippen LogP contribution is 2.22. The van der Waals surface area contributed by atoms with Gasteiger partial charge in [-0.1, -0.05) is 12.8 Å². The van der Waals surface area contributed by atoms with Crippen molar-refractivity contribution in [3.05, 3.63) is 0 Å². The van der Waals surface area contributed by atoms with Crippen LogP contribution in [0.3, 0.4) is 0 Å². The van der Waals surface area contributed by atoms with Crippen molar-refractivity contribution >= 4 is 5.71 Å². The molecule has 3 atom stereocenters. The van der Waals surface area contributed by atoms with Crippen LogP contribution in [0.4, 0.5) is 0 Å². The number of rotatable bonds is 1. The molecule has 3 unspecified atom stereocenters. The van der Waals surface area contributed by atoms with Crippen LogP contribution in [0.2, 0.25) is 0 Å². The minimum absolute atomic E-state index is 0.565. The van der Waals surface area contributed by atoms with Gasteiger partial charge in [-0.05, 0) is 46.0 Å². The molecule has 1 N–H and O–H groups in total. The normalized spacial score (nSPS) is 38.3. The maximum atomic E-state index is 4.89. The molecule has 2 rings (SSSR count). The molecule has 2 heteroatoms. The first-order valence-corrected chi connectivity index (χ1v) is 6.55. The summed E-state index contributed by atoms with van der Waals surface area (Å²) in [6, 6.07) is 1.92. The summed E-state index contributed by atoms with van der Waals surface area (Å²) >= 11 is 0. The van der Waals surface area contributed by atoms with E-state index in [1.807, 2.05) is 0 Å². The Labute approximate surface area is 93.6 Å². The molecule has 0 radical (unpaired) electrons. The molecule has 1 saturated heterocycles. The van der Waals surface area contributed by atoms with Crippen LogP contribution >= 0.6 is 0 Å². The van der Waals surface area contributed by atoms with E-state index in [-0.39, 0.29) is 0 Å². The van der Waals surface area contributed by atoms with Crippen molar-refractivity contribution in [2.45, 2.75) is 76.9 Å². The smallest absolute Gasteiger partial charge is 0.0651 e. The van der Waals surface area contributed by atoms with Crippen molar-refractivity contribution < 1.29 is 0 Å². The molecule has 0 saturated carbocycles. The molecule has 0 amide bonds. The summed E-state index contributed by atoms with van der Waals surface area (Å²) in [5, 5.41) is 3.73. The van der Waals surface area contributed by atoms with E-state index in [9.17, 15) is 0 Å².